The Bertz CT molecular complexity index is 1660. The molecule has 1 aromatic heterocycles. The van der Waals surface area contributed by atoms with Gasteiger partial charge in [-0.05, 0) is 73.7 Å². The average Bonchev–Trinajstić information content (AvgIpc) is 2.92. The van der Waals surface area contributed by atoms with Crippen molar-refractivity contribution in [1.29, 1.82) is 0 Å². The van der Waals surface area contributed by atoms with Gasteiger partial charge in [0.05, 0.1) is 22.6 Å². The number of sulfonamides is 2. The van der Waals surface area contributed by atoms with E-state index in [0.29, 0.717) is 11.4 Å². The lowest BCUT2D eigenvalue weighted by molar-refractivity contribution is -0.114. The normalized spacial score (nSPS) is 11.4. The van der Waals surface area contributed by atoms with E-state index in [1.807, 2.05) is 0 Å². The van der Waals surface area contributed by atoms with Crippen molar-refractivity contribution in [3.63, 3.8) is 0 Å². The number of methoxy groups -OCH3 is 1. The Balaban J connectivity index is 1.52. The van der Waals surface area contributed by atoms with Crippen LogP contribution in [-0.4, -0.2) is 46.4 Å². The molecule has 0 aliphatic heterocycles. The quantitative estimate of drug-likeness (QED) is 0.296. The van der Waals surface area contributed by atoms with Crippen molar-refractivity contribution < 1.29 is 26.4 Å². The van der Waals surface area contributed by atoms with Crippen molar-refractivity contribution in [2.75, 3.05) is 28.0 Å². The van der Waals surface area contributed by atoms with Gasteiger partial charge in [-0.3, -0.25) is 9.10 Å². The van der Waals surface area contributed by atoms with Gasteiger partial charge in [0, 0.05) is 17.6 Å². The smallest absolute Gasteiger partial charge is 0.264 e. The minimum atomic E-state index is -4.09. The highest BCUT2D eigenvalue weighted by Gasteiger charge is 2.27. The number of nitrogens with one attached hydrogen (secondary N) is 2. The summed E-state index contributed by atoms with van der Waals surface area (Å²) in [5, 5.41) is 2.61. The summed E-state index contributed by atoms with van der Waals surface area (Å²) < 4.78 is 60.7. The summed E-state index contributed by atoms with van der Waals surface area (Å²) in [7, 11) is -6.57. The zero-order chi connectivity index (χ0) is 28.0. The molecule has 0 aliphatic carbocycles. The van der Waals surface area contributed by atoms with Gasteiger partial charge in [0.25, 0.3) is 20.0 Å². The molecule has 4 aromatic rings. The number of benzene rings is 3. The fourth-order valence-corrected chi connectivity index (χ4v) is 5.90. The molecule has 4 rings (SSSR count). The largest absolute Gasteiger partial charge is 0.497 e. The Morgan fingerprint density at radius 1 is 0.872 bits per heavy atom. The van der Waals surface area contributed by atoms with Gasteiger partial charge in [-0.15, -0.1) is 0 Å². The molecule has 0 fully saturated rings. The first-order valence-electron chi connectivity index (χ1n) is 11.5. The fraction of sp³-hybridized carbons (Fsp3) is 0.115. The van der Waals surface area contributed by atoms with E-state index in [9.17, 15) is 21.6 Å². The minimum absolute atomic E-state index is 0.0215. The van der Waals surface area contributed by atoms with Gasteiger partial charge >= 0.3 is 0 Å². The van der Waals surface area contributed by atoms with Gasteiger partial charge in [-0.25, -0.2) is 31.5 Å². The molecular formula is C26H25N5O6S2. The second-order valence-electron chi connectivity index (χ2n) is 8.22. The lowest BCUT2D eigenvalue weighted by Gasteiger charge is -2.24. The summed E-state index contributed by atoms with van der Waals surface area (Å²) in [6.07, 6.45) is 1.44. The molecule has 0 saturated carbocycles. The van der Waals surface area contributed by atoms with Crippen LogP contribution in [-0.2, 0) is 24.8 Å². The maximum absolute atomic E-state index is 13.4. The molecule has 2 N–H and O–H groups in total. The Labute approximate surface area is 226 Å². The van der Waals surface area contributed by atoms with Crippen LogP contribution in [0.5, 0.6) is 5.75 Å². The van der Waals surface area contributed by atoms with E-state index >= 15 is 0 Å². The van der Waals surface area contributed by atoms with Crippen LogP contribution in [0.15, 0.2) is 101 Å². The summed E-state index contributed by atoms with van der Waals surface area (Å²) in [6.45, 7) is 1.17. The van der Waals surface area contributed by atoms with Crippen LogP contribution < -0.4 is 19.1 Å². The number of anilines is 3. The average molecular weight is 568 g/mol. The van der Waals surface area contributed by atoms with Gasteiger partial charge in [0.1, 0.15) is 12.3 Å². The molecule has 0 saturated heterocycles. The number of amides is 1. The Kier molecular flexibility index (Phi) is 8.12. The molecule has 0 bridgehead atoms. The van der Waals surface area contributed by atoms with Crippen LogP contribution in [0.4, 0.5) is 17.3 Å². The van der Waals surface area contributed by atoms with Crippen molar-refractivity contribution in [1.82, 2.24) is 9.97 Å². The maximum Gasteiger partial charge on any atom is 0.264 e. The van der Waals surface area contributed by atoms with Crippen molar-refractivity contribution in [3.8, 4) is 5.75 Å². The third kappa shape index (κ3) is 6.69. The van der Waals surface area contributed by atoms with Crippen molar-refractivity contribution in [2.45, 2.75) is 16.7 Å². The fourth-order valence-electron chi connectivity index (χ4n) is 3.51. The van der Waals surface area contributed by atoms with Crippen molar-refractivity contribution >= 4 is 43.3 Å². The predicted molar refractivity (Wildman–Crippen MR) is 147 cm³/mol. The maximum atomic E-state index is 13.4. The molecule has 0 unspecified atom stereocenters. The number of rotatable bonds is 10. The van der Waals surface area contributed by atoms with Gasteiger partial charge in [-0.1, -0.05) is 18.2 Å². The van der Waals surface area contributed by atoms with E-state index in [1.54, 1.807) is 43.3 Å². The van der Waals surface area contributed by atoms with Crippen molar-refractivity contribution in [3.05, 3.63) is 96.8 Å². The van der Waals surface area contributed by atoms with Gasteiger partial charge < -0.3 is 10.1 Å². The zero-order valence-corrected chi connectivity index (χ0v) is 22.6. The molecular weight excluding hydrogens is 542 g/mol. The first kappa shape index (κ1) is 27.5. The van der Waals surface area contributed by atoms with Crippen LogP contribution in [0.2, 0.25) is 0 Å². The van der Waals surface area contributed by atoms with Gasteiger partial charge in [-0.2, -0.15) is 0 Å². The first-order valence-corrected chi connectivity index (χ1v) is 14.4. The number of hydrogen-bond donors (Lipinski definition) is 2. The Hall–Kier alpha value is -4.49. The number of aryl methyl sites for hydroxylation is 1. The number of carbonyl (C=O) groups excluding carboxylic acids is 1. The highest BCUT2D eigenvalue weighted by atomic mass is 32.2. The van der Waals surface area contributed by atoms with E-state index < -0.39 is 32.5 Å². The van der Waals surface area contributed by atoms with E-state index in [0.717, 1.165) is 4.31 Å². The molecule has 13 heteroatoms. The number of ether oxygens (including phenoxy) is 1. The number of hydrogen-bond acceptors (Lipinski definition) is 8. The summed E-state index contributed by atoms with van der Waals surface area (Å²) in [5.41, 5.74) is 1.14. The van der Waals surface area contributed by atoms with Crippen LogP contribution in [0, 0.1) is 6.92 Å². The predicted octanol–water partition coefficient (Wildman–Crippen LogP) is 3.43. The molecule has 3 aromatic carbocycles. The minimum Gasteiger partial charge on any atom is -0.497 e. The topological polar surface area (TPSA) is 148 Å². The number of nitrogens with zero attached hydrogens (tertiary/aromatic N) is 3. The molecule has 39 heavy (non-hydrogen) atoms. The zero-order valence-electron chi connectivity index (χ0n) is 21.0. The molecule has 1 amide bonds. The lowest BCUT2D eigenvalue weighted by atomic mass is 10.3. The number of aromatic nitrogens is 2. The van der Waals surface area contributed by atoms with Gasteiger partial charge in [0.2, 0.25) is 11.9 Å². The highest BCUT2D eigenvalue weighted by molar-refractivity contribution is 7.93. The van der Waals surface area contributed by atoms with Crippen LogP contribution in [0.3, 0.4) is 0 Å². The lowest BCUT2D eigenvalue weighted by Crippen LogP contribution is -2.38. The number of carbonyl (C=O) groups is 1. The monoisotopic (exact) mass is 567 g/mol. The molecule has 1 heterocycles. The Morgan fingerprint density at radius 2 is 1.54 bits per heavy atom. The highest BCUT2D eigenvalue weighted by Crippen LogP contribution is 2.26. The third-order valence-corrected chi connectivity index (χ3v) is 8.58. The standard InChI is InChI=1S/C26H25N5O6S2/c1-19-16-17-27-26(28-19)30-38(33,34)23-14-8-20(9-15-23)29-25(32)18-31(21-10-12-22(37-2)13-11-21)39(35,36)24-6-4-3-5-7-24/h3-17H,18H2,1-2H3,(H,29,32)(H,27,28,30). The van der Waals surface area contributed by atoms with E-state index in [2.05, 4.69) is 20.0 Å². The first-order chi connectivity index (χ1) is 18.6. The summed E-state index contributed by atoms with van der Waals surface area (Å²) in [5.74, 6) is -0.170. The molecule has 0 aliphatic rings. The second kappa shape index (κ2) is 11.5. The van der Waals surface area contributed by atoms with E-state index in [-0.39, 0.29) is 27.1 Å². The summed E-state index contributed by atoms with van der Waals surface area (Å²) >= 11 is 0. The summed E-state index contributed by atoms with van der Waals surface area (Å²) in [6, 6.07) is 21.1. The molecule has 0 spiro atoms. The van der Waals surface area contributed by atoms with E-state index in [4.69, 9.17) is 4.74 Å². The molecule has 0 radical (unpaired) electrons. The van der Waals surface area contributed by atoms with Crippen LogP contribution >= 0.6 is 0 Å². The van der Waals surface area contributed by atoms with Crippen molar-refractivity contribution in [2.24, 2.45) is 0 Å². The molecule has 202 valence electrons. The van der Waals surface area contributed by atoms with Crippen LogP contribution in [0.25, 0.3) is 0 Å². The van der Waals surface area contributed by atoms with Gasteiger partial charge in [0.15, 0.2) is 0 Å². The third-order valence-electron chi connectivity index (χ3n) is 5.45. The van der Waals surface area contributed by atoms with Crippen LogP contribution in [0.1, 0.15) is 5.69 Å². The Morgan fingerprint density at radius 3 is 2.15 bits per heavy atom. The second-order valence-corrected chi connectivity index (χ2v) is 11.8. The SMILES string of the molecule is COc1ccc(N(CC(=O)Nc2ccc(S(=O)(=O)Nc3nccc(C)n3)cc2)S(=O)(=O)c2ccccc2)cc1. The van der Waals surface area contributed by atoms with E-state index in [1.165, 1.54) is 61.8 Å². The molecule has 0 atom stereocenters. The summed E-state index contributed by atoms with van der Waals surface area (Å²) in [4.78, 5) is 20.8. The molecule has 11 nitrogen and oxygen atoms in total.